The van der Waals surface area contributed by atoms with E-state index in [9.17, 15) is 9.59 Å². The predicted molar refractivity (Wildman–Crippen MR) is 127 cm³/mol. The summed E-state index contributed by atoms with van der Waals surface area (Å²) in [6.07, 6.45) is 0.438. The van der Waals surface area contributed by atoms with E-state index in [1.165, 1.54) is 0 Å². The summed E-state index contributed by atoms with van der Waals surface area (Å²) in [5.74, 6) is -0.266. The van der Waals surface area contributed by atoms with Crippen LogP contribution in [0.15, 0.2) is 0 Å². The Bertz CT molecular complexity index is 357. The van der Waals surface area contributed by atoms with Crippen LogP contribution < -0.4 is 0 Å². The van der Waals surface area contributed by atoms with Crippen LogP contribution in [0.5, 0.6) is 0 Å². The predicted octanol–water partition coefficient (Wildman–Crippen LogP) is 2.96. The van der Waals surface area contributed by atoms with Crippen molar-refractivity contribution >= 4 is 39.2 Å². The van der Waals surface area contributed by atoms with Crippen LogP contribution in [0.1, 0.15) is 6.42 Å². The van der Waals surface area contributed by atoms with E-state index in [4.69, 9.17) is 23.9 Å². The molecule has 1 aliphatic heterocycles. The fourth-order valence-corrected chi connectivity index (χ4v) is 1.96. The van der Waals surface area contributed by atoms with Crippen LogP contribution >= 0.6 is 0 Å². The Labute approximate surface area is 176 Å². The average Bonchev–Trinajstić information content (AvgIpc) is 3.10. The lowest BCUT2D eigenvalue weighted by atomic mass is 10.5. The van der Waals surface area contributed by atoms with Gasteiger partial charge in [0, 0.05) is 0 Å². The van der Waals surface area contributed by atoms with Gasteiger partial charge in [-0.25, -0.2) is 4.79 Å². The van der Waals surface area contributed by atoms with Gasteiger partial charge in [0.05, 0.1) is 13.2 Å². The molecular weight excluding hydrogens is 429 g/mol. The van der Waals surface area contributed by atoms with E-state index in [0.29, 0.717) is 13.2 Å². The molecule has 1 aliphatic rings. The summed E-state index contributed by atoms with van der Waals surface area (Å²) in [5.41, 5.74) is 0. The molecule has 1 unspecified atom stereocenters. The van der Waals surface area contributed by atoms with E-state index in [-0.39, 0.29) is 12.1 Å². The summed E-state index contributed by atoms with van der Waals surface area (Å²) in [4.78, 5) is 46.4. The van der Waals surface area contributed by atoms with Gasteiger partial charge < -0.3 is 28.7 Å². The zero-order valence-corrected chi connectivity index (χ0v) is 23.9. The third-order valence-electron chi connectivity index (χ3n) is 1.77. The number of epoxide rings is 1. The molecule has 28 heavy (non-hydrogen) atoms. The highest BCUT2D eigenvalue weighted by Gasteiger charge is 2.32. The summed E-state index contributed by atoms with van der Waals surface area (Å²) >= 11 is 0. The monoisotopic (exact) mass is 474 g/mol. The Morgan fingerprint density at radius 2 is 1.11 bits per heavy atom. The van der Waals surface area contributed by atoms with Crippen LogP contribution in [0, 0.1) is 0 Å². The van der Waals surface area contributed by atoms with Crippen molar-refractivity contribution in [2.24, 2.45) is 0 Å². The molecule has 0 amide bonds. The lowest BCUT2D eigenvalue weighted by Gasteiger charge is -2.12. The minimum absolute atomic E-state index is 0.266. The van der Waals surface area contributed by atoms with Crippen LogP contribution in [0.25, 0.3) is 0 Å². The number of ether oxygens (including phenoxy) is 2. The molecule has 0 spiro atoms. The van der Waals surface area contributed by atoms with Crippen LogP contribution in [0.3, 0.4) is 0 Å². The normalized spacial score (nSPS) is 16.3. The van der Waals surface area contributed by atoms with Gasteiger partial charge in [0.15, 0.2) is 39.4 Å². The lowest BCUT2D eigenvalue weighted by molar-refractivity contribution is -0.145. The SMILES string of the molecule is C[Si](C)(C)O.C[Si](C)(C)O.C[Si](C)(C)O.C[Si](C)(O)CCCOC(=O)C1CO1. The van der Waals surface area contributed by atoms with Gasteiger partial charge in [0.1, 0.15) is 0 Å². The second-order valence-electron chi connectivity index (χ2n) is 10.4. The highest BCUT2D eigenvalue weighted by molar-refractivity contribution is 6.70. The van der Waals surface area contributed by atoms with Gasteiger partial charge in [-0.1, -0.05) is 0 Å². The molecule has 0 aliphatic carbocycles. The van der Waals surface area contributed by atoms with Crippen LogP contribution in [0.4, 0.5) is 0 Å². The number of hydrogen-bond donors (Lipinski definition) is 4. The fraction of sp³-hybridized carbons (Fsp3) is 0.941. The Morgan fingerprint density at radius 1 is 0.821 bits per heavy atom. The molecule has 7 nitrogen and oxygen atoms in total. The minimum atomic E-state index is -1.96. The van der Waals surface area contributed by atoms with Crippen molar-refractivity contribution in [2.45, 2.75) is 90.6 Å². The van der Waals surface area contributed by atoms with Crippen molar-refractivity contribution in [2.75, 3.05) is 13.2 Å². The fourth-order valence-electron chi connectivity index (χ4n) is 0.955. The zero-order chi connectivity index (χ0) is 23.4. The van der Waals surface area contributed by atoms with E-state index in [1.807, 2.05) is 72.0 Å². The highest BCUT2D eigenvalue weighted by Crippen LogP contribution is 2.12. The summed E-state index contributed by atoms with van der Waals surface area (Å²) in [6.45, 7) is 21.6. The van der Waals surface area contributed by atoms with Gasteiger partial charge >= 0.3 is 5.97 Å². The maximum absolute atomic E-state index is 10.9. The maximum Gasteiger partial charge on any atom is 0.337 e. The van der Waals surface area contributed by atoms with E-state index in [1.54, 1.807) is 0 Å². The molecule has 1 rings (SSSR count). The molecule has 0 aromatic carbocycles. The van der Waals surface area contributed by atoms with Crippen LogP contribution in [-0.4, -0.2) is 77.7 Å². The molecular formula is C17H46O7Si4. The molecule has 11 heteroatoms. The number of hydrogen-bond acceptors (Lipinski definition) is 7. The number of carbonyl (C=O) groups excluding carboxylic acids is 1. The number of esters is 1. The summed E-state index contributed by atoms with van der Waals surface area (Å²) in [6, 6.07) is 0.770. The minimum Gasteiger partial charge on any atom is -0.464 e. The highest BCUT2D eigenvalue weighted by atomic mass is 28.4. The first-order valence-corrected chi connectivity index (χ1v) is 23.2. The molecule has 0 radical (unpaired) electrons. The molecule has 1 heterocycles. The van der Waals surface area contributed by atoms with E-state index in [0.717, 1.165) is 12.5 Å². The summed E-state index contributed by atoms with van der Waals surface area (Å²) < 4.78 is 9.66. The topological polar surface area (TPSA) is 120 Å². The van der Waals surface area contributed by atoms with Crippen molar-refractivity contribution in [1.29, 1.82) is 0 Å². The van der Waals surface area contributed by atoms with E-state index < -0.39 is 33.3 Å². The summed E-state index contributed by atoms with van der Waals surface area (Å²) in [5, 5.41) is 0. The second kappa shape index (κ2) is 14.2. The zero-order valence-electron chi connectivity index (χ0n) is 19.9. The van der Waals surface area contributed by atoms with Gasteiger partial charge in [0.25, 0.3) is 0 Å². The Morgan fingerprint density at radius 3 is 1.32 bits per heavy atom. The lowest BCUT2D eigenvalue weighted by Crippen LogP contribution is -2.25. The van der Waals surface area contributed by atoms with Crippen molar-refractivity contribution in [3.05, 3.63) is 0 Å². The molecule has 0 saturated carbocycles. The first kappa shape index (κ1) is 32.8. The average molecular weight is 475 g/mol. The third kappa shape index (κ3) is 72.1. The molecule has 1 saturated heterocycles. The van der Waals surface area contributed by atoms with Crippen molar-refractivity contribution in [1.82, 2.24) is 0 Å². The Hall–Kier alpha value is 0.138. The Kier molecular flexibility index (Phi) is 16.6. The molecule has 0 aromatic rings. The molecule has 1 atom stereocenters. The summed E-state index contributed by atoms with van der Waals surface area (Å²) in [7, 11) is -6.80. The van der Waals surface area contributed by atoms with Gasteiger partial charge in [-0.2, -0.15) is 0 Å². The largest absolute Gasteiger partial charge is 0.464 e. The van der Waals surface area contributed by atoms with Gasteiger partial charge in [-0.05, 0) is 84.5 Å². The first-order valence-electron chi connectivity index (χ1n) is 9.67. The Balaban J connectivity index is -0.000000347. The van der Waals surface area contributed by atoms with Gasteiger partial charge in [-0.3, -0.25) is 0 Å². The maximum atomic E-state index is 10.9. The van der Waals surface area contributed by atoms with Crippen molar-refractivity contribution < 1.29 is 33.5 Å². The first-order chi connectivity index (χ1) is 12.0. The van der Waals surface area contributed by atoms with Crippen molar-refractivity contribution in [3.63, 3.8) is 0 Å². The number of rotatable bonds is 5. The van der Waals surface area contributed by atoms with E-state index >= 15 is 0 Å². The molecule has 0 aromatic heterocycles. The third-order valence-corrected chi connectivity index (χ3v) is 3.35. The van der Waals surface area contributed by atoms with Crippen molar-refractivity contribution in [3.8, 4) is 0 Å². The molecule has 1 fully saturated rings. The smallest absolute Gasteiger partial charge is 0.337 e. The number of carbonyl (C=O) groups is 1. The quantitative estimate of drug-likeness (QED) is 0.209. The van der Waals surface area contributed by atoms with Crippen LogP contribution in [-0.2, 0) is 14.3 Å². The molecule has 0 bridgehead atoms. The van der Waals surface area contributed by atoms with E-state index in [2.05, 4.69) is 0 Å². The standard InChI is InChI=1S/C8H16O4Si.3C3H10OSi/c1-13(2,10)5-3-4-11-8(9)7-6-12-7;3*1-5(2,3)4/h7,10H,3-6H2,1-2H3;3*4H,1-3H3. The van der Waals surface area contributed by atoms with Gasteiger partial charge in [0.2, 0.25) is 0 Å². The second-order valence-corrected chi connectivity index (χ2v) is 27.6. The molecule has 4 N–H and O–H groups in total. The molecule has 172 valence electrons. The van der Waals surface area contributed by atoms with Gasteiger partial charge in [-0.15, -0.1) is 0 Å². The van der Waals surface area contributed by atoms with Crippen LogP contribution in [0.2, 0.25) is 78.1 Å².